The summed E-state index contributed by atoms with van der Waals surface area (Å²) in [5.74, 6) is 0. The van der Waals surface area contributed by atoms with Crippen LogP contribution in [0.5, 0.6) is 0 Å². The van der Waals surface area contributed by atoms with Crippen LogP contribution in [0.1, 0.15) is 29.5 Å². The van der Waals surface area contributed by atoms with Crippen LogP contribution in [0.3, 0.4) is 0 Å². The molecule has 1 aliphatic heterocycles. The number of piperidine rings is 1. The smallest absolute Gasteiger partial charge is 0.417 e. The molecule has 1 aromatic heterocycles. The molecular formula is C22H20F3NO4S. The fourth-order valence-electron chi connectivity index (χ4n) is 3.73. The van der Waals surface area contributed by atoms with Gasteiger partial charge in [0.1, 0.15) is 16.6 Å². The Bertz CT molecular complexity index is 1170. The summed E-state index contributed by atoms with van der Waals surface area (Å²) in [6.07, 6.45) is -3.29. The summed E-state index contributed by atoms with van der Waals surface area (Å²) >= 11 is 0. The maximum atomic E-state index is 13.3. The van der Waals surface area contributed by atoms with Crippen molar-refractivity contribution in [2.45, 2.75) is 36.4 Å². The Morgan fingerprint density at radius 1 is 1.10 bits per heavy atom. The van der Waals surface area contributed by atoms with Crippen LogP contribution < -0.4 is 5.63 Å². The molecule has 0 saturated carbocycles. The largest absolute Gasteiger partial charge is 0.423 e. The van der Waals surface area contributed by atoms with Crippen LogP contribution in [0.15, 0.2) is 62.6 Å². The van der Waals surface area contributed by atoms with Gasteiger partial charge in [-0.2, -0.15) is 13.2 Å². The summed E-state index contributed by atoms with van der Waals surface area (Å²) < 4.78 is 59.3. The number of aliphatic hydroxyl groups is 1. The second kappa shape index (κ2) is 8.57. The monoisotopic (exact) mass is 451 g/mol. The quantitative estimate of drug-likeness (QED) is 0.612. The van der Waals surface area contributed by atoms with Gasteiger partial charge in [-0.15, -0.1) is 0 Å². The van der Waals surface area contributed by atoms with E-state index in [0.717, 1.165) is 12.0 Å². The maximum Gasteiger partial charge on any atom is 0.417 e. The van der Waals surface area contributed by atoms with Gasteiger partial charge in [0.25, 0.3) is 0 Å². The van der Waals surface area contributed by atoms with Crippen molar-refractivity contribution in [3.05, 3.63) is 75.6 Å². The molecule has 3 aromatic rings. The summed E-state index contributed by atoms with van der Waals surface area (Å²) in [4.78, 5) is 12.0. The van der Waals surface area contributed by atoms with Crippen molar-refractivity contribution in [1.82, 2.24) is 4.31 Å². The maximum absolute atomic E-state index is 13.3. The van der Waals surface area contributed by atoms with E-state index in [2.05, 4.69) is 0 Å². The van der Waals surface area contributed by atoms with Crippen molar-refractivity contribution in [2.75, 3.05) is 13.1 Å². The van der Waals surface area contributed by atoms with Gasteiger partial charge in [-0.25, -0.2) is 13.3 Å². The number of aliphatic hydroxyl groups excluding tert-OH is 1. The number of alkyl halides is 3. The molecule has 0 bridgehead atoms. The normalized spacial score (nSPS) is 18.9. The summed E-state index contributed by atoms with van der Waals surface area (Å²) in [6.45, 7) is 1.02. The van der Waals surface area contributed by atoms with Crippen LogP contribution in [0, 0.1) is 0 Å². The van der Waals surface area contributed by atoms with E-state index in [-0.39, 0.29) is 11.0 Å². The first-order valence-electron chi connectivity index (χ1n) is 9.78. The first-order valence-corrected chi connectivity index (χ1v) is 10.9. The lowest BCUT2D eigenvalue weighted by molar-refractivity contribution is -0.136. The first-order chi connectivity index (χ1) is 14.7. The Morgan fingerprint density at radius 3 is 2.48 bits per heavy atom. The fourth-order valence-corrected chi connectivity index (χ4v) is 5.00. The molecular weight excluding hydrogens is 431 g/mol. The number of halogens is 3. The number of hydrogen-bond donors (Lipinski definition) is 1. The lowest BCUT2D eigenvalue weighted by Gasteiger charge is -2.28. The van der Waals surface area contributed by atoms with E-state index in [4.69, 9.17) is 4.42 Å². The van der Waals surface area contributed by atoms with Crippen molar-refractivity contribution in [1.29, 1.82) is 0 Å². The SMILES string of the molecule is O=c1cc(C(F)(F)F)c2cc(Cc3ccc(S(=O)N4CCCC(O)C4)cc3)ccc2o1. The van der Waals surface area contributed by atoms with Crippen LogP contribution in [0.2, 0.25) is 0 Å². The highest BCUT2D eigenvalue weighted by Gasteiger charge is 2.34. The second-order valence-electron chi connectivity index (χ2n) is 7.56. The van der Waals surface area contributed by atoms with Gasteiger partial charge in [-0.1, -0.05) is 18.2 Å². The van der Waals surface area contributed by atoms with Crippen molar-refractivity contribution in [3.63, 3.8) is 0 Å². The van der Waals surface area contributed by atoms with Crippen molar-refractivity contribution in [3.8, 4) is 0 Å². The molecule has 0 aliphatic carbocycles. The number of rotatable bonds is 4. The molecule has 5 nitrogen and oxygen atoms in total. The highest BCUT2D eigenvalue weighted by Crippen LogP contribution is 2.34. The molecule has 2 atom stereocenters. The molecule has 9 heteroatoms. The predicted octanol–water partition coefficient (Wildman–Crippen LogP) is 3.88. The zero-order valence-electron chi connectivity index (χ0n) is 16.4. The average Bonchev–Trinajstić information content (AvgIpc) is 2.73. The summed E-state index contributed by atoms with van der Waals surface area (Å²) in [5, 5.41) is 9.61. The van der Waals surface area contributed by atoms with E-state index >= 15 is 0 Å². The fraction of sp³-hybridized carbons (Fsp3) is 0.318. The van der Waals surface area contributed by atoms with Gasteiger partial charge >= 0.3 is 11.8 Å². The molecule has 1 fully saturated rings. The third-order valence-corrected chi connectivity index (χ3v) is 6.72. The summed E-state index contributed by atoms with van der Waals surface area (Å²) in [6, 6.07) is 11.9. The van der Waals surface area contributed by atoms with Gasteiger partial charge in [0.2, 0.25) is 0 Å². The molecule has 1 aliphatic rings. The van der Waals surface area contributed by atoms with Crippen LogP contribution in [-0.2, 0) is 23.6 Å². The standard InChI is InChI=1S/C22H20F3NO4S/c23-22(24,25)19-12-21(28)30-20-8-5-15(11-18(19)20)10-14-3-6-17(7-4-14)31(29)26-9-1-2-16(27)13-26/h3-8,11-12,16,27H,1-2,9-10,13H2. The van der Waals surface area contributed by atoms with Crippen LogP contribution in [-0.4, -0.2) is 32.8 Å². The Kier molecular flexibility index (Phi) is 6.00. The zero-order chi connectivity index (χ0) is 22.2. The number of nitrogens with zero attached hydrogens (tertiary/aromatic N) is 1. The van der Waals surface area contributed by atoms with Crippen molar-refractivity contribution in [2.24, 2.45) is 0 Å². The Labute approximate surface area is 178 Å². The second-order valence-corrected chi connectivity index (χ2v) is 9.05. The Morgan fingerprint density at radius 2 is 1.81 bits per heavy atom. The van der Waals surface area contributed by atoms with Gasteiger partial charge in [0.15, 0.2) is 0 Å². The van der Waals surface area contributed by atoms with E-state index in [9.17, 15) is 27.3 Å². The molecule has 0 radical (unpaired) electrons. The topological polar surface area (TPSA) is 70.8 Å². The van der Waals surface area contributed by atoms with Crippen LogP contribution in [0.25, 0.3) is 11.0 Å². The molecule has 2 aromatic carbocycles. The molecule has 2 unspecified atom stereocenters. The van der Waals surface area contributed by atoms with E-state index in [1.54, 1.807) is 34.6 Å². The molecule has 1 saturated heterocycles. The highest BCUT2D eigenvalue weighted by atomic mass is 32.2. The lowest BCUT2D eigenvalue weighted by atomic mass is 10.0. The van der Waals surface area contributed by atoms with Gasteiger partial charge < -0.3 is 9.52 Å². The van der Waals surface area contributed by atoms with E-state index < -0.39 is 34.5 Å². The summed E-state index contributed by atoms with van der Waals surface area (Å²) in [5.41, 5.74) is -0.713. The van der Waals surface area contributed by atoms with Gasteiger partial charge in [0, 0.05) is 24.5 Å². The molecule has 1 N–H and O–H groups in total. The third kappa shape index (κ3) is 4.89. The Balaban J connectivity index is 1.56. The molecule has 2 heterocycles. The first kappa shape index (κ1) is 21.7. The highest BCUT2D eigenvalue weighted by molar-refractivity contribution is 7.82. The van der Waals surface area contributed by atoms with E-state index in [0.29, 0.717) is 42.5 Å². The third-order valence-electron chi connectivity index (χ3n) is 5.24. The minimum absolute atomic E-state index is 0.113. The minimum atomic E-state index is -4.67. The van der Waals surface area contributed by atoms with Crippen molar-refractivity contribution < 1.29 is 26.9 Å². The molecule has 164 valence electrons. The minimum Gasteiger partial charge on any atom is -0.423 e. The van der Waals surface area contributed by atoms with Gasteiger partial charge in [-0.05, 0) is 54.7 Å². The van der Waals surface area contributed by atoms with Crippen LogP contribution in [0.4, 0.5) is 13.2 Å². The predicted molar refractivity (Wildman–Crippen MR) is 110 cm³/mol. The Hall–Kier alpha value is -2.49. The van der Waals surface area contributed by atoms with Gasteiger partial charge in [-0.3, -0.25) is 0 Å². The molecule has 0 spiro atoms. The lowest BCUT2D eigenvalue weighted by Crippen LogP contribution is -2.39. The zero-order valence-corrected chi connectivity index (χ0v) is 17.2. The van der Waals surface area contributed by atoms with Crippen LogP contribution >= 0.6 is 0 Å². The number of fused-ring (bicyclic) bond motifs is 1. The van der Waals surface area contributed by atoms with Crippen molar-refractivity contribution >= 4 is 22.0 Å². The number of β-amino-alcohol motifs (C(OH)–C–C–N with tert-alkyl or cyclic N) is 1. The molecule has 4 rings (SSSR count). The number of hydrogen-bond acceptors (Lipinski definition) is 4. The average molecular weight is 451 g/mol. The van der Waals surface area contributed by atoms with Gasteiger partial charge in [0.05, 0.1) is 16.6 Å². The molecule has 0 amide bonds. The number of benzene rings is 2. The summed E-state index contributed by atoms with van der Waals surface area (Å²) in [7, 11) is -1.37. The van der Waals surface area contributed by atoms with E-state index in [1.807, 2.05) is 0 Å². The van der Waals surface area contributed by atoms with E-state index in [1.165, 1.54) is 12.1 Å². The molecule has 31 heavy (non-hydrogen) atoms.